The van der Waals surface area contributed by atoms with E-state index in [4.69, 9.17) is 4.74 Å². The number of carboxylic acids is 1. The Balaban J connectivity index is 1.66. The molecule has 1 aliphatic carbocycles. The van der Waals surface area contributed by atoms with Crippen LogP contribution in [-0.4, -0.2) is 92.8 Å². The molecule has 3 rings (SSSR count). The largest absolute Gasteiger partial charge is 0.480 e. The van der Waals surface area contributed by atoms with Gasteiger partial charge in [0.25, 0.3) is 0 Å². The van der Waals surface area contributed by atoms with Gasteiger partial charge in [-0.2, -0.15) is 0 Å². The lowest BCUT2D eigenvalue weighted by molar-refractivity contribution is -0.142. The highest BCUT2D eigenvalue weighted by Crippen LogP contribution is 2.44. The van der Waals surface area contributed by atoms with Gasteiger partial charge in [-0.1, -0.05) is 48.5 Å². The van der Waals surface area contributed by atoms with Crippen LogP contribution in [0.5, 0.6) is 0 Å². The molecule has 0 bridgehead atoms. The number of carbonyl (C=O) groups excluding carboxylic acids is 2. The first kappa shape index (κ1) is 25.2. The van der Waals surface area contributed by atoms with Crippen LogP contribution in [0.3, 0.4) is 0 Å². The summed E-state index contributed by atoms with van der Waals surface area (Å²) in [4.78, 5) is 40.4. The molecule has 0 aromatic heterocycles. The zero-order valence-corrected chi connectivity index (χ0v) is 19.9. The minimum Gasteiger partial charge on any atom is -0.480 e. The predicted molar refractivity (Wildman–Crippen MR) is 129 cm³/mol. The molecule has 0 heterocycles. The van der Waals surface area contributed by atoms with Crippen LogP contribution >= 0.6 is 0 Å². The van der Waals surface area contributed by atoms with Gasteiger partial charge in [-0.25, -0.2) is 9.59 Å². The molecule has 34 heavy (non-hydrogen) atoms. The van der Waals surface area contributed by atoms with Crippen molar-refractivity contribution in [3.05, 3.63) is 59.7 Å². The molecule has 3 N–H and O–H groups in total. The van der Waals surface area contributed by atoms with Gasteiger partial charge in [-0.15, -0.1) is 0 Å². The number of hydrogen-bond acceptors (Lipinski definition) is 6. The molecule has 0 saturated carbocycles. The predicted octanol–water partition coefficient (Wildman–Crippen LogP) is 1.59. The summed E-state index contributed by atoms with van der Waals surface area (Å²) in [5, 5.41) is 14.5. The number of likely N-dealkylation sites (N-methyl/N-ethyl adjacent to an activating group) is 2. The summed E-state index contributed by atoms with van der Waals surface area (Å²) in [5.41, 5.74) is 4.43. The quantitative estimate of drug-likeness (QED) is 0.486. The molecule has 2 aromatic carbocycles. The highest BCUT2D eigenvalue weighted by atomic mass is 16.5. The molecule has 2 unspecified atom stereocenters. The molecule has 1 aliphatic rings. The average Bonchev–Trinajstić information content (AvgIpc) is 3.10. The van der Waals surface area contributed by atoms with E-state index in [0.29, 0.717) is 0 Å². The molecule has 9 heteroatoms. The second kappa shape index (κ2) is 11.1. The van der Waals surface area contributed by atoms with Crippen LogP contribution in [0.15, 0.2) is 48.5 Å². The summed E-state index contributed by atoms with van der Waals surface area (Å²) < 4.78 is 5.55. The smallest absolute Gasteiger partial charge is 0.407 e. The number of benzene rings is 2. The molecule has 2 aromatic rings. The number of aliphatic carboxylic acids is 1. The number of alkyl carbamates (subject to hydrolysis) is 1. The highest BCUT2D eigenvalue weighted by Gasteiger charge is 2.31. The van der Waals surface area contributed by atoms with Gasteiger partial charge in [0.15, 0.2) is 0 Å². The second-order valence-electron chi connectivity index (χ2n) is 8.95. The summed E-state index contributed by atoms with van der Waals surface area (Å²) in [6.45, 7) is 0.430. The average molecular weight is 469 g/mol. The summed E-state index contributed by atoms with van der Waals surface area (Å²) in [5.74, 6) is -1.83. The van der Waals surface area contributed by atoms with Crippen molar-refractivity contribution in [2.45, 2.75) is 18.0 Å². The van der Waals surface area contributed by atoms with E-state index in [2.05, 4.69) is 22.8 Å². The van der Waals surface area contributed by atoms with Gasteiger partial charge >= 0.3 is 12.1 Å². The highest BCUT2D eigenvalue weighted by molar-refractivity contribution is 5.89. The number of ether oxygens (including phenoxy) is 1. The molecule has 2 atom stereocenters. The van der Waals surface area contributed by atoms with Crippen molar-refractivity contribution in [2.24, 2.45) is 0 Å². The molecule has 0 radical (unpaired) electrons. The SMILES string of the molecule is CN(C)CC(NC(=O)C(CN(C)C)NC(=O)OCC1c2ccccc2-c2ccccc21)C(=O)O. The van der Waals surface area contributed by atoms with Crippen molar-refractivity contribution in [1.82, 2.24) is 20.4 Å². The van der Waals surface area contributed by atoms with E-state index in [1.54, 1.807) is 38.0 Å². The van der Waals surface area contributed by atoms with Gasteiger partial charge in [-0.05, 0) is 50.4 Å². The number of carboxylic acid groups (broad SMARTS) is 1. The first-order valence-electron chi connectivity index (χ1n) is 11.1. The molecule has 9 nitrogen and oxygen atoms in total. The van der Waals surface area contributed by atoms with Gasteiger partial charge in [0.2, 0.25) is 5.91 Å². The van der Waals surface area contributed by atoms with Crippen molar-refractivity contribution in [1.29, 1.82) is 0 Å². The second-order valence-corrected chi connectivity index (χ2v) is 8.95. The maximum absolute atomic E-state index is 12.8. The van der Waals surface area contributed by atoms with E-state index < -0.39 is 30.1 Å². The maximum atomic E-state index is 12.8. The summed E-state index contributed by atoms with van der Waals surface area (Å²) in [6, 6.07) is 14.0. The van der Waals surface area contributed by atoms with Gasteiger partial charge in [0.05, 0.1) is 0 Å². The number of carbonyl (C=O) groups is 3. The van der Waals surface area contributed by atoms with Gasteiger partial charge in [0, 0.05) is 19.0 Å². The molecular weight excluding hydrogens is 436 g/mol. The fraction of sp³-hybridized carbons (Fsp3) is 0.400. The minimum absolute atomic E-state index is 0.101. The lowest BCUT2D eigenvalue weighted by Crippen LogP contribution is -2.56. The maximum Gasteiger partial charge on any atom is 0.407 e. The van der Waals surface area contributed by atoms with Crippen molar-refractivity contribution in [2.75, 3.05) is 47.9 Å². The number of hydrogen-bond donors (Lipinski definition) is 3. The molecule has 0 saturated heterocycles. The van der Waals surface area contributed by atoms with E-state index in [9.17, 15) is 19.5 Å². The van der Waals surface area contributed by atoms with Crippen molar-refractivity contribution >= 4 is 18.0 Å². The van der Waals surface area contributed by atoms with Crippen LogP contribution in [0.25, 0.3) is 11.1 Å². The van der Waals surface area contributed by atoms with Crippen LogP contribution in [0.2, 0.25) is 0 Å². The molecule has 182 valence electrons. The summed E-state index contributed by atoms with van der Waals surface area (Å²) in [6.07, 6.45) is -0.733. The number of amides is 2. The van der Waals surface area contributed by atoms with Crippen LogP contribution in [0.4, 0.5) is 4.79 Å². The Morgan fingerprint density at radius 3 is 1.85 bits per heavy atom. The fourth-order valence-electron chi connectivity index (χ4n) is 4.16. The van der Waals surface area contributed by atoms with Crippen LogP contribution < -0.4 is 10.6 Å². The Hall–Kier alpha value is -3.43. The van der Waals surface area contributed by atoms with Crippen LogP contribution in [0, 0.1) is 0 Å². The lowest BCUT2D eigenvalue weighted by Gasteiger charge is -2.25. The lowest BCUT2D eigenvalue weighted by atomic mass is 9.98. The van der Waals surface area contributed by atoms with Crippen LogP contribution in [-0.2, 0) is 14.3 Å². The fourth-order valence-corrected chi connectivity index (χ4v) is 4.16. The molecule has 2 amide bonds. The first-order chi connectivity index (χ1) is 16.2. The zero-order chi connectivity index (χ0) is 24.8. The topological polar surface area (TPSA) is 111 Å². The Kier molecular flexibility index (Phi) is 8.25. The molecule has 0 aliphatic heterocycles. The van der Waals surface area contributed by atoms with Gasteiger partial charge < -0.3 is 30.3 Å². The van der Waals surface area contributed by atoms with Gasteiger partial charge in [-0.3, -0.25) is 4.79 Å². The number of nitrogens with one attached hydrogen (secondary N) is 2. The Bertz CT molecular complexity index is 994. The van der Waals surface area contributed by atoms with Crippen molar-refractivity contribution in [3.63, 3.8) is 0 Å². The normalized spacial score (nSPS) is 14.3. The first-order valence-corrected chi connectivity index (χ1v) is 11.1. The zero-order valence-electron chi connectivity index (χ0n) is 19.9. The molecule has 0 spiro atoms. The number of rotatable bonds is 10. The van der Waals surface area contributed by atoms with Crippen molar-refractivity contribution in [3.8, 4) is 11.1 Å². The Morgan fingerprint density at radius 2 is 1.35 bits per heavy atom. The summed E-state index contributed by atoms with van der Waals surface area (Å²) in [7, 11) is 6.95. The van der Waals surface area contributed by atoms with E-state index in [-0.39, 0.29) is 25.6 Å². The third-order valence-corrected chi connectivity index (χ3v) is 5.66. The number of nitrogens with zero attached hydrogens (tertiary/aromatic N) is 2. The third-order valence-electron chi connectivity index (χ3n) is 5.66. The van der Waals surface area contributed by atoms with Crippen LogP contribution in [0.1, 0.15) is 17.0 Å². The van der Waals surface area contributed by atoms with E-state index in [1.807, 2.05) is 36.4 Å². The van der Waals surface area contributed by atoms with E-state index in [0.717, 1.165) is 22.3 Å². The Labute approximate surface area is 199 Å². The standard InChI is InChI=1S/C25H32N4O5/c1-28(2)13-21(23(30)26-22(24(31)32)14-29(3)4)27-25(33)34-15-20-18-11-7-5-9-16(18)17-10-6-8-12-19(17)20/h5-12,20-22H,13-15H2,1-4H3,(H,26,30)(H,27,33)(H,31,32). The van der Waals surface area contributed by atoms with E-state index >= 15 is 0 Å². The van der Waals surface area contributed by atoms with Crippen molar-refractivity contribution < 1.29 is 24.2 Å². The third kappa shape index (κ3) is 6.12. The minimum atomic E-state index is -1.15. The van der Waals surface area contributed by atoms with Gasteiger partial charge in [0.1, 0.15) is 18.7 Å². The Morgan fingerprint density at radius 1 is 0.853 bits per heavy atom. The summed E-state index contributed by atoms with van der Waals surface area (Å²) >= 11 is 0. The molecule has 0 fully saturated rings. The number of fused-ring (bicyclic) bond motifs is 3. The van der Waals surface area contributed by atoms with E-state index in [1.165, 1.54) is 0 Å². The monoisotopic (exact) mass is 468 g/mol. The molecular formula is C25H32N4O5.